The van der Waals surface area contributed by atoms with Crippen LogP contribution in [0.3, 0.4) is 0 Å². The van der Waals surface area contributed by atoms with Crippen LogP contribution in [-0.4, -0.2) is 26.3 Å². The van der Waals surface area contributed by atoms with Gasteiger partial charge in [0.25, 0.3) is 0 Å². The molecular formula is C20H16BrN5. The molecule has 0 spiro atoms. The Morgan fingerprint density at radius 3 is 2.65 bits per heavy atom. The predicted molar refractivity (Wildman–Crippen MR) is 106 cm³/mol. The fourth-order valence-electron chi connectivity index (χ4n) is 3.42. The van der Waals surface area contributed by atoms with Crippen molar-refractivity contribution in [3.63, 3.8) is 0 Å². The van der Waals surface area contributed by atoms with Crippen LogP contribution < -0.4 is 4.90 Å². The lowest BCUT2D eigenvalue weighted by atomic mass is 10.2. The summed E-state index contributed by atoms with van der Waals surface area (Å²) in [5.74, 6) is 2.90. The summed E-state index contributed by atoms with van der Waals surface area (Å²) >= 11 is 3.51. The molecular weight excluding hydrogens is 390 g/mol. The van der Waals surface area contributed by atoms with E-state index in [2.05, 4.69) is 65.9 Å². The highest BCUT2D eigenvalue weighted by Crippen LogP contribution is 2.26. The van der Waals surface area contributed by atoms with Crippen LogP contribution in [0.25, 0.3) is 22.3 Å². The number of aromatic nitrogens is 4. The van der Waals surface area contributed by atoms with Crippen LogP contribution in [0.5, 0.6) is 0 Å². The highest BCUT2D eigenvalue weighted by Gasteiger charge is 2.22. The van der Waals surface area contributed by atoms with Gasteiger partial charge < -0.3 is 9.47 Å². The Labute approximate surface area is 159 Å². The number of pyridine rings is 1. The molecule has 3 heterocycles. The van der Waals surface area contributed by atoms with Crippen molar-refractivity contribution < 1.29 is 0 Å². The van der Waals surface area contributed by atoms with Crippen LogP contribution >= 0.6 is 15.9 Å². The van der Waals surface area contributed by atoms with E-state index in [0.29, 0.717) is 0 Å². The highest BCUT2D eigenvalue weighted by molar-refractivity contribution is 9.10. The first-order chi connectivity index (χ1) is 12.8. The lowest BCUT2D eigenvalue weighted by Gasteiger charge is -2.29. The van der Waals surface area contributed by atoms with Crippen LogP contribution in [-0.2, 0) is 13.1 Å². The minimum atomic E-state index is 0.717. The summed E-state index contributed by atoms with van der Waals surface area (Å²) in [6, 6.07) is 20.6. The second kappa shape index (κ2) is 6.21. The van der Waals surface area contributed by atoms with Gasteiger partial charge in [-0.3, -0.25) is 0 Å². The number of rotatable bonds is 2. The van der Waals surface area contributed by atoms with E-state index >= 15 is 0 Å². The third kappa shape index (κ3) is 2.66. The average molecular weight is 406 g/mol. The van der Waals surface area contributed by atoms with Gasteiger partial charge in [-0.2, -0.15) is 0 Å². The number of nitrogens with zero attached hydrogens (tertiary/aromatic N) is 5. The number of halogens is 1. The number of hydrogen-bond acceptors (Lipinski definition) is 4. The predicted octanol–water partition coefficient (Wildman–Crippen LogP) is 4.28. The topological polar surface area (TPSA) is 46.8 Å². The van der Waals surface area contributed by atoms with Gasteiger partial charge in [0.15, 0.2) is 11.6 Å². The molecule has 0 saturated carbocycles. The molecule has 0 aliphatic carbocycles. The second-order valence-electron chi connectivity index (χ2n) is 6.39. The monoisotopic (exact) mass is 405 g/mol. The van der Waals surface area contributed by atoms with Gasteiger partial charge in [0.05, 0.1) is 12.1 Å². The molecule has 0 saturated heterocycles. The zero-order valence-corrected chi connectivity index (χ0v) is 15.6. The summed E-state index contributed by atoms with van der Waals surface area (Å²) in [7, 11) is 0. The Kier molecular flexibility index (Phi) is 3.71. The SMILES string of the molecule is Brc1ccc2nc(N3CCn4c(nnc4-c4ccccc4)C3)ccc2c1. The quantitative estimate of drug-likeness (QED) is 0.499. The number of hydrogen-bond donors (Lipinski definition) is 0. The van der Waals surface area contributed by atoms with Gasteiger partial charge in [-0.1, -0.05) is 46.3 Å². The highest BCUT2D eigenvalue weighted by atomic mass is 79.9. The molecule has 0 atom stereocenters. The Hall–Kier alpha value is -2.73. The van der Waals surface area contributed by atoms with Gasteiger partial charge in [0.1, 0.15) is 5.82 Å². The lowest BCUT2D eigenvalue weighted by Crippen LogP contribution is -2.34. The molecule has 128 valence electrons. The average Bonchev–Trinajstić information content (AvgIpc) is 3.11. The van der Waals surface area contributed by atoms with E-state index in [0.717, 1.165) is 58.0 Å². The molecule has 2 aromatic carbocycles. The Bertz CT molecular complexity index is 1090. The third-order valence-electron chi connectivity index (χ3n) is 4.75. The summed E-state index contributed by atoms with van der Waals surface area (Å²) in [6.07, 6.45) is 0. The van der Waals surface area contributed by atoms with E-state index in [-0.39, 0.29) is 0 Å². The molecule has 0 bridgehead atoms. The number of fused-ring (bicyclic) bond motifs is 2. The van der Waals surface area contributed by atoms with Gasteiger partial charge in [-0.25, -0.2) is 4.98 Å². The van der Waals surface area contributed by atoms with Gasteiger partial charge in [0, 0.05) is 28.5 Å². The Morgan fingerprint density at radius 1 is 0.885 bits per heavy atom. The molecule has 0 radical (unpaired) electrons. The standard InChI is InChI=1S/C20H16BrN5/c21-16-7-8-17-15(12-16)6-9-18(22-17)25-10-11-26-19(13-25)23-24-20(26)14-4-2-1-3-5-14/h1-9,12H,10-11,13H2. The number of benzene rings is 2. The van der Waals surface area contributed by atoms with E-state index in [4.69, 9.17) is 4.98 Å². The van der Waals surface area contributed by atoms with Crippen molar-refractivity contribution in [2.45, 2.75) is 13.1 Å². The van der Waals surface area contributed by atoms with Crippen molar-refractivity contribution in [1.82, 2.24) is 19.7 Å². The van der Waals surface area contributed by atoms with Crippen LogP contribution in [0, 0.1) is 0 Å². The van der Waals surface area contributed by atoms with Crippen LogP contribution in [0.1, 0.15) is 5.82 Å². The second-order valence-corrected chi connectivity index (χ2v) is 7.30. The first-order valence-corrected chi connectivity index (χ1v) is 9.36. The first-order valence-electron chi connectivity index (χ1n) is 8.57. The maximum absolute atomic E-state index is 4.83. The van der Waals surface area contributed by atoms with Crippen molar-refractivity contribution in [2.75, 3.05) is 11.4 Å². The van der Waals surface area contributed by atoms with Crippen LogP contribution in [0.2, 0.25) is 0 Å². The van der Waals surface area contributed by atoms with Crippen molar-refractivity contribution in [2.24, 2.45) is 0 Å². The fourth-order valence-corrected chi connectivity index (χ4v) is 3.79. The van der Waals surface area contributed by atoms with Crippen molar-refractivity contribution in [3.8, 4) is 11.4 Å². The molecule has 0 N–H and O–H groups in total. The van der Waals surface area contributed by atoms with Crippen molar-refractivity contribution in [1.29, 1.82) is 0 Å². The third-order valence-corrected chi connectivity index (χ3v) is 5.24. The van der Waals surface area contributed by atoms with Crippen molar-refractivity contribution >= 4 is 32.7 Å². The van der Waals surface area contributed by atoms with E-state index in [1.807, 2.05) is 30.3 Å². The molecule has 5 rings (SSSR count). The van der Waals surface area contributed by atoms with Crippen LogP contribution in [0.4, 0.5) is 5.82 Å². The zero-order chi connectivity index (χ0) is 17.5. The summed E-state index contributed by atoms with van der Waals surface area (Å²) in [6.45, 7) is 2.46. The largest absolute Gasteiger partial charge is 0.347 e. The number of anilines is 1. The summed E-state index contributed by atoms with van der Waals surface area (Å²) in [5, 5.41) is 9.97. The molecule has 1 aliphatic rings. The molecule has 1 aliphatic heterocycles. The summed E-state index contributed by atoms with van der Waals surface area (Å²) in [5.41, 5.74) is 2.11. The summed E-state index contributed by atoms with van der Waals surface area (Å²) < 4.78 is 3.28. The van der Waals surface area contributed by atoms with Gasteiger partial charge in [-0.05, 0) is 30.3 Å². The Balaban J connectivity index is 1.46. The van der Waals surface area contributed by atoms with Gasteiger partial charge in [-0.15, -0.1) is 10.2 Å². The molecule has 0 amide bonds. The van der Waals surface area contributed by atoms with E-state index in [1.165, 1.54) is 0 Å². The van der Waals surface area contributed by atoms with Crippen LogP contribution in [0.15, 0.2) is 65.1 Å². The minimum absolute atomic E-state index is 0.717. The van der Waals surface area contributed by atoms with Gasteiger partial charge >= 0.3 is 0 Å². The molecule has 5 nitrogen and oxygen atoms in total. The van der Waals surface area contributed by atoms with E-state index in [1.54, 1.807) is 0 Å². The molecule has 4 aromatic rings. The lowest BCUT2D eigenvalue weighted by molar-refractivity contribution is 0.560. The summed E-state index contributed by atoms with van der Waals surface area (Å²) in [4.78, 5) is 7.09. The van der Waals surface area contributed by atoms with E-state index < -0.39 is 0 Å². The molecule has 0 unspecified atom stereocenters. The van der Waals surface area contributed by atoms with Gasteiger partial charge in [0.2, 0.25) is 0 Å². The first kappa shape index (κ1) is 15.5. The molecule has 2 aromatic heterocycles. The Morgan fingerprint density at radius 2 is 1.77 bits per heavy atom. The zero-order valence-electron chi connectivity index (χ0n) is 14.0. The normalized spacial score (nSPS) is 13.8. The fraction of sp³-hybridized carbons (Fsp3) is 0.150. The maximum atomic E-state index is 4.83. The molecule has 6 heteroatoms. The smallest absolute Gasteiger partial charge is 0.164 e. The molecule has 26 heavy (non-hydrogen) atoms. The molecule has 0 fully saturated rings. The van der Waals surface area contributed by atoms with Crippen molar-refractivity contribution in [3.05, 3.63) is 71.0 Å². The maximum Gasteiger partial charge on any atom is 0.164 e. The van der Waals surface area contributed by atoms with E-state index in [9.17, 15) is 0 Å². The minimum Gasteiger partial charge on any atom is -0.347 e.